The van der Waals surface area contributed by atoms with E-state index in [4.69, 9.17) is 15.2 Å². The summed E-state index contributed by atoms with van der Waals surface area (Å²) < 4.78 is 46.5. The molecule has 0 saturated carbocycles. The van der Waals surface area contributed by atoms with Gasteiger partial charge in [0.25, 0.3) is 0 Å². The van der Waals surface area contributed by atoms with Crippen molar-refractivity contribution in [2.24, 2.45) is 5.73 Å². The second-order valence-electron chi connectivity index (χ2n) is 3.54. The highest BCUT2D eigenvalue weighted by Gasteiger charge is 2.31. The predicted molar refractivity (Wildman–Crippen MR) is 57.4 cm³/mol. The molecule has 0 amide bonds. The minimum absolute atomic E-state index is 0. The van der Waals surface area contributed by atoms with Gasteiger partial charge in [0.1, 0.15) is 0 Å². The first-order valence-corrected chi connectivity index (χ1v) is 4.67. The number of hydrogen-bond acceptors (Lipinski definition) is 3. The molecule has 0 spiro atoms. The van der Waals surface area contributed by atoms with E-state index in [0.29, 0.717) is 17.1 Å². The van der Waals surface area contributed by atoms with Crippen LogP contribution in [0, 0.1) is 0 Å². The predicted octanol–water partition coefficient (Wildman–Crippen LogP) is 2.79. The third kappa shape index (κ3) is 3.41. The first-order valence-electron chi connectivity index (χ1n) is 4.67. The van der Waals surface area contributed by atoms with Crippen LogP contribution in [0.3, 0.4) is 0 Å². The maximum Gasteiger partial charge on any atom is 0.390 e. The number of hydrogen-bond donors (Lipinski definition) is 1. The number of alkyl halides is 3. The molecule has 2 N–H and O–H groups in total. The second kappa shape index (κ2) is 5.01. The smallest absolute Gasteiger partial charge is 0.390 e. The number of halogens is 4. The largest absolute Gasteiger partial charge is 0.454 e. The molecule has 17 heavy (non-hydrogen) atoms. The standard InChI is InChI=1S/C10H10F3NO2.ClH/c11-10(12,13)4-7(14)6-1-2-8-9(3-6)16-5-15-8;/h1-3,7H,4-5,14H2;1H/t7-;/m1./s1. The Morgan fingerprint density at radius 3 is 2.53 bits per heavy atom. The molecular formula is C10H11ClF3NO2. The zero-order valence-corrected chi connectivity index (χ0v) is 9.48. The lowest BCUT2D eigenvalue weighted by Crippen LogP contribution is -2.20. The third-order valence-electron chi connectivity index (χ3n) is 2.28. The van der Waals surface area contributed by atoms with Gasteiger partial charge in [0.05, 0.1) is 6.42 Å². The van der Waals surface area contributed by atoms with Crippen molar-refractivity contribution in [3.8, 4) is 11.5 Å². The summed E-state index contributed by atoms with van der Waals surface area (Å²) >= 11 is 0. The van der Waals surface area contributed by atoms with E-state index in [1.807, 2.05) is 0 Å². The van der Waals surface area contributed by atoms with Crippen molar-refractivity contribution in [3.63, 3.8) is 0 Å². The monoisotopic (exact) mass is 269 g/mol. The number of benzene rings is 1. The van der Waals surface area contributed by atoms with Crippen molar-refractivity contribution in [2.45, 2.75) is 18.6 Å². The van der Waals surface area contributed by atoms with Crippen LogP contribution in [0.25, 0.3) is 0 Å². The maximum atomic E-state index is 12.1. The Balaban J connectivity index is 0.00000144. The molecule has 1 aliphatic rings. The fourth-order valence-corrected chi connectivity index (χ4v) is 1.51. The Morgan fingerprint density at radius 2 is 1.88 bits per heavy atom. The van der Waals surface area contributed by atoms with Gasteiger partial charge in [0.2, 0.25) is 6.79 Å². The fourth-order valence-electron chi connectivity index (χ4n) is 1.51. The molecule has 0 radical (unpaired) electrons. The molecule has 1 aromatic rings. The molecule has 3 nitrogen and oxygen atoms in total. The van der Waals surface area contributed by atoms with E-state index in [2.05, 4.69) is 0 Å². The summed E-state index contributed by atoms with van der Waals surface area (Å²) in [5.41, 5.74) is 5.85. The fraction of sp³-hybridized carbons (Fsp3) is 0.400. The normalized spacial score (nSPS) is 15.3. The van der Waals surface area contributed by atoms with Gasteiger partial charge in [-0.2, -0.15) is 13.2 Å². The van der Waals surface area contributed by atoms with Crippen molar-refractivity contribution in [1.82, 2.24) is 0 Å². The van der Waals surface area contributed by atoms with Gasteiger partial charge in [-0.3, -0.25) is 0 Å². The minimum Gasteiger partial charge on any atom is -0.454 e. The molecule has 0 aromatic heterocycles. The Morgan fingerprint density at radius 1 is 1.24 bits per heavy atom. The van der Waals surface area contributed by atoms with E-state index < -0.39 is 18.6 Å². The Bertz CT molecular complexity index is 398. The maximum absolute atomic E-state index is 12.1. The quantitative estimate of drug-likeness (QED) is 0.898. The van der Waals surface area contributed by atoms with Crippen LogP contribution in [0.4, 0.5) is 13.2 Å². The third-order valence-corrected chi connectivity index (χ3v) is 2.28. The van der Waals surface area contributed by atoms with Crippen molar-refractivity contribution in [2.75, 3.05) is 6.79 Å². The van der Waals surface area contributed by atoms with E-state index in [0.717, 1.165) is 0 Å². The van der Waals surface area contributed by atoms with Crippen LogP contribution in [-0.2, 0) is 0 Å². The summed E-state index contributed by atoms with van der Waals surface area (Å²) in [6.07, 6.45) is -5.32. The summed E-state index contributed by atoms with van der Waals surface area (Å²) in [4.78, 5) is 0. The van der Waals surface area contributed by atoms with E-state index in [1.54, 1.807) is 6.07 Å². The van der Waals surface area contributed by atoms with Gasteiger partial charge in [-0.25, -0.2) is 0 Å². The summed E-state index contributed by atoms with van der Waals surface area (Å²) in [5, 5.41) is 0. The molecule has 1 heterocycles. The highest BCUT2D eigenvalue weighted by molar-refractivity contribution is 5.85. The first kappa shape index (κ1) is 13.9. The number of ether oxygens (including phenoxy) is 2. The first-order chi connectivity index (χ1) is 7.46. The average Bonchev–Trinajstić information content (AvgIpc) is 2.61. The van der Waals surface area contributed by atoms with Crippen LogP contribution in [0.1, 0.15) is 18.0 Å². The van der Waals surface area contributed by atoms with Gasteiger partial charge in [0, 0.05) is 6.04 Å². The van der Waals surface area contributed by atoms with Gasteiger partial charge >= 0.3 is 6.18 Å². The van der Waals surface area contributed by atoms with Gasteiger partial charge in [0.15, 0.2) is 11.5 Å². The Labute approximate surface area is 102 Å². The zero-order valence-electron chi connectivity index (χ0n) is 8.66. The van der Waals surface area contributed by atoms with E-state index in [9.17, 15) is 13.2 Å². The molecule has 0 aliphatic carbocycles. The molecular weight excluding hydrogens is 259 g/mol. The SMILES string of the molecule is Cl.N[C@H](CC(F)(F)F)c1ccc2c(c1)OCO2. The molecule has 96 valence electrons. The lowest BCUT2D eigenvalue weighted by molar-refractivity contribution is -0.138. The van der Waals surface area contributed by atoms with Crippen molar-refractivity contribution < 1.29 is 22.6 Å². The van der Waals surface area contributed by atoms with E-state index in [-0.39, 0.29) is 19.2 Å². The minimum atomic E-state index is -4.27. The van der Waals surface area contributed by atoms with E-state index in [1.165, 1.54) is 12.1 Å². The second-order valence-corrected chi connectivity index (χ2v) is 3.54. The lowest BCUT2D eigenvalue weighted by Gasteiger charge is -2.14. The topological polar surface area (TPSA) is 44.5 Å². The highest BCUT2D eigenvalue weighted by Crippen LogP contribution is 2.36. The molecule has 2 rings (SSSR count). The molecule has 0 unspecified atom stereocenters. The number of rotatable bonds is 2. The summed E-state index contributed by atoms with van der Waals surface area (Å²) in [6.45, 7) is 0.0906. The van der Waals surface area contributed by atoms with E-state index >= 15 is 0 Å². The zero-order chi connectivity index (χ0) is 11.8. The van der Waals surface area contributed by atoms with Gasteiger partial charge in [-0.15, -0.1) is 12.4 Å². The highest BCUT2D eigenvalue weighted by atomic mass is 35.5. The van der Waals surface area contributed by atoms with Crippen molar-refractivity contribution in [3.05, 3.63) is 23.8 Å². The van der Waals surface area contributed by atoms with Crippen LogP contribution in [-0.4, -0.2) is 13.0 Å². The van der Waals surface area contributed by atoms with Crippen LogP contribution >= 0.6 is 12.4 Å². The molecule has 1 aromatic carbocycles. The molecule has 0 saturated heterocycles. The molecule has 1 aliphatic heterocycles. The number of fused-ring (bicyclic) bond motifs is 1. The summed E-state index contributed by atoms with van der Waals surface area (Å²) in [7, 11) is 0. The molecule has 0 bridgehead atoms. The summed E-state index contributed by atoms with van der Waals surface area (Å²) in [6, 6.07) is 3.49. The van der Waals surface area contributed by atoms with Crippen LogP contribution in [0.5, 0.6) is 11.5 Å². The Kier molecular flexibility index (Phi) is 4.11. The molecule has 0 fully saturated rings. The van der Waals surface area contributed by atoms with Crippen molar-refractivity contribution in [1.29, 1.82) is 0 Å². The number of nitrogens with two attached hydrogens (primary N) is 1. The summed E-state index contributed by atoms with van der Waals surface area (Å²) in [5.74, 6) is 0.970. The molecule has 1 atom stereocenters. The molecule has 7 heteroatoms. The van der Waals surface area contributed by atoms with Crippen molar-refractivity contribution >= 4 is 12.4 Å². The Hall–Kier alpha value is -1.14. The van der Waals surface area contributed by atoms with Crippen LogP contribution in [0.2, 0.25) is 0 Å². The van der Waals surface area contributed by atoms with Crippen LogP contribution < -0.4 is 15.2 Å². The van der Waals surface area contributed by atoms with Gasteiger partial charge in [-0.1, -0.05) is 6.07 Å². The average molecular weight is 270 g/mol. The van der Waals surface area contributed by atoms with Gasteiger partial charge in [-0.05, 0) is 17.7 Å². The van der Waals surface area contributed by atoms with Crippen LogP contribution in [0.15, 0.2) is 18.2 Å². The van der Waals surface area contributed by atoms with Gasteiger partial charge < -0.3 is 15.2 Å². The lowest BCUT2D eigenvalue weighted by atomic mass is 10.0.